The predicted octanol–water partition coefficient (Wildman–Crippen LogP) is 12.4. The number of hydrogen-bond donors (Lipinski definition) is 2. The van der Waals surface area contributed by atoms with Gasteiger partial charge in [0.25, 0.3) is 0 Å². The molecule has 6 nitrogen and oxygen atoms in total. The average Bonchev–Trinajstić information content (AvgIpc) is 3.19. The van der Waals surface area contributed by atoms with Crippen molar-refractivity contribution in [3.63, 3.8) is 0 Å². The van der Waals surface area contributed by atoms with Gasteiger partial charge in [-0.1, -0.05) is 204 Å². The van der Waals surface area contributed by atoms with Crippen molar-refractivity contribution in [2.45, 2.75) is 206 Å². The van der Waals surface area contributed by atoms with E-state index in [0.29, 0.717) is 19.6 Å². The van der Waals surface area contributed by atoms with Crippen molar-refractivity contribution >= 4 is 5.91 Å². The van der Waals surface area contributed by atoms with Crippen molar-refractivity contribution in [1.29, 1.82) is 0 Å². The number of carbonyl (C=O) groups excluding carboxylic acids is 1. The van der Waals surface area contributed by atoms with Gasteiger partial charge in [-0.2, -0.15) is 0 Å². The molecule has 2 aromatic carbocycles. The Balaban J connectivity index is 1.91. The summed E-state index contributed by atoms with van der Waals surface area (Å²) in [6.45, 7) is 5.16. The lowest BCUT2D eigenvalue weighted by atomic mass is 10.0. The Morgan fingerprint density at radius 2 is 1.00 bits per heavy atom. The minimum atomic E-state index is -0.591. The molecular formula is C47H79NO5. The zero-order chi connectivity index (χ0) is 38.0. The monoisotopic (exact) mass is 738 g/mol. The van der Waals surface area contributed by atoms with Gasteiger partial charge in [0.05, 0.1) is 39.1 Å². The van der Waals surface area contributed by atoms with Gasteiger partial charge in [0, 0.05) is 0 Å². The van der Waals surface area contributed by atoms with Crippen LogP contribution < -0.4 is 10.1 Å². The van der Waals surface area contributed by atoms with Crippen molar-refractivity contribution in [2.75, 3.05) is 13.7 Å². The van der Waals surface area contributed by atoms with Crippen LogP contribution >= 0.6 is 0 Å². The Bertz CT molecular complexity index is 1090. The third-order valence-electron chi connectivity index (χ3n) is 10.6. The molecule has 0 spiro atoms. The first kappa shape index (κ1) is 46.7. The number of carbonyl (C=O) groups is 1. The van der Waals surface area contributed by atoms with E-state index in [0.717, 1.165) is 49.0 Å². The van der Waals surface area contributed by atoms with E-state index in [1.54, 1.807) is 7.11 Å². The predicted molar refractivity (Wildman–Crippen MR) is 222 cm³/mol. The quantitative estimate of drug-likeness (QED) is 0.0681. The maximum atomic E-state index is 13.9. The molecule has 1 amide bonds. The normalized spacial score (nSPS) is 13.1. The van der Waals surface area contributed by atoms with E-state index in [2.05, 4.69) is 31.3 Å². The molecule has 0 aliphatic carbocycles. The maximum absolute atomic E-state index is 13.9. The molecule has 2 rings (SSSR count). The molecule has 0 aliphatic rings. The molecule has 2 N–H and O–H groups in total. The molecular weight excluding hydrogens is 659 g/mol. The number of rotatable bonds is 36. The van der Waals surface area contributed by atoms with Gasteiger partial charge in [0.1, 0.15) is 11.9 Å². The molecule has 53 heavy (non-hydrogen) atoms. The number of ether oxygens (including phenoxy) is 3. The molecule has 6 heteroatoms. The van der Waals surface area contributed by atoms with E-state index in [-0.39, 0.29) is 18.6 Å². The minimum Gasteiger partial charge on any atom is -0.497 e. The molecule has 302 valence electrons. The van der Waals surface area contributed by atoms with Gasteiger partial charge in [-0.3, -0.25) is 4.79 Å². The molecule has 0 unspecified atom stereocenters. The molecule has 0 fully saturated rings. The van der Waals surface area contributed by atoms with Gasteiger partial charge in [-0.05, 0) is 36.1 Å². The standard InChI is InChI=1S/C47H79NO5/c1-4-6-8-10-12-14-16-17-18-20-21-23-28-32-45(52-39-41-30-26-25-27-31-41)44(38-49)48-47(50)46(53-40-42-34-36-43(51-3)37-35-42)33-29-24-22-19-15-13-11-9-7-5-2/h25-27,30-31,34-37,44-46,49H,4-24,28-29,32-33,38-40H2,1-3H3,(H,48,50)/t44-,45+,46-/m0/s1. The topological polar surface area (TPSA) is 77.0 Å². The van der Waals surface area contributed by atoms with Crippen LogP contribution in [0.4, 0.5) is 0 Å². The van der Waals surface area contributed by atoms with E-state index in [1.165, 1.54) is 122 Å². The summed E-state index contributed by atoms with van der Waals surface area (Å²) in [5.74, 6) is 0.636. The summed E-state index contributed by atoms with van der Waals surface area (Å²) in [5.41, 5.74) is 2.09. The van der Waals surface area contributed by atoms with Crippen LogP contribution in [0, 0.1) is 0 Å². The van der Waals surface area contributed by atoms with Crippen molar-refractivity contribution in [3.8, 4) is 5.75 Å². The Kier molecular flexibility index (Phi) is 29.1. The van der Waals surface area contributed by atoms with Crippen LogP contribution in [0.3, 0.4) is 0 Å². The van der Waals surface area contributed by atoms with Crippen molar-refractivity contribution < 1.29 is 24.1 Å². The Morgan fingerprint density at radius 3 is 1.47 bits per heavy atom. The highest BCUT2D eigenvalue weighted by atomic mass is 16.5. The minimum absolute atomic E-state index is 0.160. The number of nitrogens with one attached hydrogen (secondary N) is 1. The number of hydrogen-bond acceptors (Lipinski definition) is 5. The van der Waals surface area contributed by atoms with Crippen LogP contribution in [0.25, 0.3) is 0 Å². The first-order valence-electron chi connectivity index (χ1n) is 21.9. The maximum Gasteiger partial charge on any atom is 0.249 e. The first-order valence-corrected chi connectivity index (χ1v) is 21.9. The fraction of sp³-hybridized carbons (Fsp3) is 0.723. The lowest BCUT2D eigenvalue weighted by Gasteiger charge is -2.29. The van der Waals surface area contributed by atoms with Gasteiger partial charge in [0.15, 0.2) is 0 Å². The molecule has 3 atom stereocenters. The fourth-order valence-electron chi connectivity index (χ4n) is 7.10. The number of benzene rings is 2. The van der Waals surface area contributed by atoms with Gasteiger partial charge >= 0.3 is 0 Å². The summed E-state index contributed by atoms with van der Waals surface area (Å²) < 4.78 is 18.1. The number of aliphatic hydroxyl groups is 1. The van der Waals surface area contributed by atoms with Crippen LogP contribution in [0.1, 0.15) is 185 Å². The van der Waals surface area contributed by atoms with Crippen molar-refractivity contribution in [1.82, 2.24) is 5.32 Å². The van der Waals surface area contributed by atoms with Crippen LogP contribution in [0.15, 0.2) is 54.6 Å². The smallest absolute Gasteiger partial charge is 0.249 e. The molecule has 0 aromatic heterocycles. The third kappa shape index (κ3) is 23.9. The fourth-order valence-corrected chi connectivity index (χ4v) is 7.10. The molecule has 0 saturated carbocycles. The summed E-state index contributed by atoms with van der Waals surface area (Å²) in [6.07, 6.45) is 29.9. The van der Waals surface area contributed by atoms with Gasteiger partial charge < -0.3 is 24.6 Å². The summed E-state index contributed by atoms with van der Waals surface area (Å²) in [6, 6.07) is 17.5. The molecule has 0 radical (unpaired) electrons. The van der Waals surface area contributed by atoms with Crippen molar-refractivity contribution in [2.24, 2.45) is 0 Å². The summed E-state index contributed by atoms with van der Waals surface area (Å²) in [5, 5.41) is 13.8. The first-order chi connectivity index (χ1) is 26.1. The largest absolute Gasteiger partial charge is 0.497 e. The van der Waals surface area contributed by atoms with Crippen molar-refractivity contribution in [3.05, 3.63) is 65.7 Å². The van der Waals surface area contributed by atoms with E-state index in [4.69, 9.17) is 14.2 Å². The molecule has 2 aromatic rings. The second kappa shape index (κ2) is 33.0. The Morgan fingerprint density at radius 1 is 0.566 bits per heavy atom. The number of unbranched alkanes of at least 4 members (excludes halogenated alkanes) is 21. The summed E-state index contributed by atoms with van der Waals surface area (Å²) >= 11 is 0. The second-order valence-electron chi connectivity index (χ2n) is 15.3. The summed E-state index contributed by atoms with van der Waals surface area (Å²) in [7, 11) is 1.66. The van der Waals surface area contributed by atoms with Crippen LogP contribution in [-0.4, -0.2) is 43.0 Å². The molecule has 0 aliphatic heterocycles. The number of aliphatic hydroxyl groups excluding tert-OH is 1. The van der Waals surface area contributed by atoms with E-state index < -0.39 is 12.1 Å². The highest BCUT2D eigenvalue weighted by Gasteiger charge is 2.27. The highest BCUT2D eigenvalue weighted by Crippen LogP contribution is 2.20. The Hall–Kier alpha value is -2.41. The van der Waals surface area contributed by atoms with Crippen LogP contribution in [0.2, 0.25) is 0 Å². The number of amides is 1. The number of methoxy groups -OCH3 is 1. The molecule has 0 saturated heterocycles. The Labute approximate surface area is 325 Å². The SMILES string of the molecule is CCCCCCCCCCCCCCC[C@@H](OCc1ccccc1)[C@H](CO)NC(=O)[C@H](CCCCCCCCCCCC)OCc1ccc(OC)cc1. The molecule has 0 heterocycles. The van der Waals surface area contributed by atoms with Gasteiger partial charge in [-0.25, -0.2) is 0 Å². The van der Waals surface area contributed by atoms with E-state index in [9.17, 15) is 9.90 Å². The van der Waals surface area contributed by atoms with Gasteiger partial charge in [-0.15, -0.1) is 0 Å². The zero-order valence-corrected chi connectivity index (χ0v) is 34.3. The zero-order valence-electron chi connectivity index (χ0n) is 34.3. The highest BCUT2D eigenvalue weighted by molar-refractivity contribution is 5.81. The van der Waals surface area contributed by atoms with Crippen LogP contribution in [0.5, 0.6) is 5.75 Å². The van der Waals surface area contributed by atoms with E-state index in [1.807, 2.05) is 42.5 Å². The van der Waals surface area contributed by atoms with Crippen LogP contribution in [-0.2, 0) is 27.5 Å². The van der Waals surface area contributed by atoms with E-state index >= 15 is 0 Å². The third-order valence-corrected chi connectivity index (χ3v) is 10.6. The average molecular weight is 738 g/mol. The second-order valence-corrected chi connectivity index (χ2v) is 15.3. The molecule has 0 bridgehead atoms. The lowest BCUT2D eigenvalue weighted by molar-refractivity contribution is -0.137. The lowest BCUT2D eigenvalue weighted by Crippen LogP contribution is -2.50. The summed E-state index contributed by atoms with van der Waals surface area (Å²) in [4.78, 5) is 13.9. The van der Waals surface area contributed by atoms with Gasteiger partial charge in [0.2, 0.25) is 5.91 Å².